The first kappa shape index (κ1) is 27.3. The van der Waals surface area contributed by atoms with E-state index in [1.807, 2.05) is 34.6 Å². The molecule has 0 radical (unpaired) electrons. The molecule has 0 fully saturated rings. The van der Waals surface area contributed by atoms with Gasteiger partial charge >= 0.3 is 5.97 Å². The lowest BCUT2D eigenvalue weighted by Gasteiger charge is -2.28. The van der Waals surface area contributed by atoms with Crippen molar-refractivity contribution in [2.24, 2.45) is 5.41 Å². The van der Waals surface area contributed by atoms with Crippen molar-refractivity contribution in [3.63, 3.8) is 0 Å². The number of rotatable bonds is 10. The van der Waals surface area contributed by atoms with Crippen molar-refractivity contribution in [2.75, 3.05) is 23.3 Å². The summed E-state index contributed by atoms with van der Waals surface area (Å²) >= 11 is 0. The van der Waals surface area contributed by atoms with Crippen molar-refractivity contribution < 1.29 is 14.7 Å². The van der Waals surface area contributed by atoms with Crippen molar-refractivity contribution in [1.82, 2.24) is 0 Å². The first-order chi connectivity index (χ1) is 14.1. The molecule has 0 aromatic heterocycles. The topological polar surface area (TPSA) is 69.6 Å². The van der Waals surface area contributed by atoms with Crippen LogP contribution in [-0.4, -0.2) is 30.1 Å². The average Bonchev–Trinajstić information content (AvgIpc) is 3.08. The second-order valence-electron chi connectivity index (χ2n) is 9.71. The van der Waals surface area contributed by atoms with Crippen LogP contribution in [0.5, 0.6) is 0 Å². The molecule has 1 heterocycles. The zero-order valence-electron chi connectivity index (χ0n) is 20.2. The largest absolute Gasteiger partial charge is 0.481 e. The summed E-state index contributed by atoms with van der Waals surface area (Å²) in [6.45, 7) is 13.8. The van der Waals surface area contributed by atoms with Gasteiger partial charge in [-0.3, -0.25) is 9.59 Å². The number of carbonyl (C=O) groups excluding carboxylic acids is 1. The monoisotopic (exact) mass is 452 g/mol. The minimum Gasteiger partial charge on any atom is -0.481 e. The molecule has 2 rings (SSSR count). The van der Waals surface area contributed by atoms with Gasteiger partial charge in [0, 0.05) is 18.5 Å². The van der Waals surface area contributed by atoms with Crippen LogP contribution in [0.3, 0.4) is 0 Å². The van der Waals surface area contributed by atoms with Gasteiger partial charge in [-0.25, -0.2) is 0 Å². The molecule has 0 atom stereocenters. The lowest BCUT2D eigenvalue weighted by molar-refractivity contribution is -0.136. The molecule has 0 saturated carbocycles. The maximum Gasteiger partial charge on any atom is 0.307 e. The Hall–Kier alpha value is -1.75. The number of nitrogens with one attached hydrogen (secondary N) is 1. The number of unbranched alkanes of at least 4 members (excludes halogenated alkanes) is 5. The normalized spacial score (nSPS) is 13.0. The van der Waals surface area contributed by atoms with E-state index in [4.69, 9.17) is 0 Å². The maximum atomic E-state index is 12.8. The zero-order valence-corrected chi connectivity index (χ0v) is 21.0. The van der Waals surface area contributed by atoms with E-state index in [0.717, 1.165) is 54.0 Å². The highest BCUT2D eigenvalue weighted by atomic mass is 35.5. The fourth-order valence-corrected chi connectivity index (χ4v) is 4.31. The van der Waals surface area contributed by atoms with Crippen molar-refractivity contribution in [3.05, 3.63) is 22.3 Å². The fourth-order valence-electron chi connectivity index (χ4n) is 4.31. The summed E-state index contributed by atoms with van der Waals surface area (Å²) in [5.41, 5.74) is 5.42. The quantitative estimate of drug-likeness (QED) is 0.423. The number of anilines is 2. The van der Waals surface area contributed by atoms with E-state index in [1.54, 1.807) is 0 Å². The molecule has 0 aliphatic carbocycles. The molecule has 1 aromatic carbocycles. The molecule has 1 aliphatic rings. The second kappa shape index (κ2) is 11.8. The molecule has 176 valence electrons. The van der Waals surface area contributed by atoms with Crippen molar-refractivity contribution in [2.45, 2.75) is 92.9 Å². The van der Waals surface area contributed by atoms with Crippen LogP contribution >= 0.6 is 12.4 Å². The van der Waals surface area contributed by atoms with Crippen LogP contribution in [0.2, 0.25) is 0 Å². The van der Waals surface area contributed by atoms with Gasteiger partial charge in [0.05, 0.1) is 17.8 Å². The minimum atomic E-state index is -0.837. The molecule has 2 N–H and O–H groups in total. The molecule has 0 bridgehead atoms. The van der Waals surface area contributed by atoms with Crippen molar-refractivity contribution >= 4 is 35.7 Å². The first-order valence-electron chi connectivity index (χ1n) is 11.5. The van der Waals surface area contributed by atoms with Gasteiger partial charge in [-0.2, -0.15) is 0 Å². The van der Waals surface area contributed by atoms with E-state index >= 15 is 0 Å². The molecule has 1 amide bonds. The number of benzene rings is 1. The zero-order chi connectivity index (χ0) is 22.5. The number of nitrogens with zero attached hydrogens (tertiary/aromatic N) is 1. The summed E-state index contributed by atoms with van der Waals surface area (Å²) in [4.78, 5) is 26.7. The number of halogens is 1. The van der Waals surface area contributed by atoms with Crippen LogP contribution < -0.4 is 10.2 Å². The highest BCUT2D eigenvalue weighted by molar-refractivity contribution is 6.00. The number of carboxylic acids is 1. The van der Waals surface area contributed by atoms with Crippen LogP contribution in [0.1, 0.15) is 88.5 Å². The van der Waals surface area contributed by atoms with Crippen LogP contribution in [0, 0.1) is 19.3 Å². The van der Waals surface area contributed by atoms with Crippen molar-refractivity contribution in [3.8, 4) is 0 Å². The van der Waals surface area contributed by atoms with Gasteiger partial charge in [-0.05, 0) is 48.9 Å². The Morgan fingerprint density at radius 1 is 1.03 bits per heavy atom. The fraction of sp³-hybridized carbons (Fsp3) is 0.680. The van der Waals surface area contributed by atoms with E-state index < -0.39 is 11.4 Å². The van der Waals surface area contributed by atoms with Crippen LogP contribution in [0.4, 0.5) is 11.4 Å². The van der Waals surface area contributed by atoms with Crippen LogP contribution in [0.25, 0.3) is 0 Å². The number of carboxylic acid groups (broad SMARTS) is 1. The second-order valence-corrected chi connectivity index (χ2v) is 9.71. The predicted octanol–water partition coefficient (Wildman–Crippen LogP) is 6.06. The summed E-state index contributed by atoms with van der Waals surface area (Å²) in [5, 5.41) is 12.6. The van der Waals surface area contributed by atoms with Gasteiger partial charge in [0.2, 0.25) is 5.91 Å². The van der Waals surface area contributed by atoms with E-state index in [-0.39, 0.29) is 24.7 Å². The maximum absolute atomic E-state index is 12.8. The average molecular weight is 453 g/mol. The lowest BCUT2D eigenvalue weighted by atomic mass is 9.90. The Kier molecular flexibility index (Phi) is 10.3. The molecule has 0 spiro atoms. The third kappa shape index (κ3) is 6.86. The molecule has 6 heteroatoms. The van der Waals surface area contributed by atoms with Crippen LogP contribution in [-0.2, 0) is 22.4 Å². The Bertz CT molecular complexity index is 784. The summed E-state index contributed by atoms with van der Waals surface area (Å²) in [6, 6.07) is 0. The number of fused-ring (bicyclic) bond motifs is 1. The minimum absolute atomic E-state index is 0. The summed E-state index contributed by atoms with van der Waals surface area (Å²) in [5.74, 6) is -0.875. The Morgan fingerprint density at radius 3 is 2.23 bits per heavy atom. The summed E-state index contributed by atoms with van der Waals surface area (Å²) < 4.78 is 0. The molecule has 0 unspecified atom stereocenters. The number of hydrogen-bond acceptors (Lipinski definition) is 3. The van der Waals surface area contributed by atoms with Gasteiger partial charge in [-0.1, -0.05) is 59.8 Å². The highest BCUT2D eigenvalue weighted by Crippen LogP contribution is 2.43. The lowest BCUT2D eigenvalue weighted by Crippen LogP contribution is -2.30. The molecule has 1 aliphatic heterocycles. The Labute approximate surface area is 194 Å². The highest BCUT2D eigenvalue weighted by Gasteiger charge is 2.31. The Morgan fingerprint density at radius 2 is 1.65 bits per heavy atom. The SMILES string of the molecule is CCCCCCCCN1CCc2c(C)c(CC(=O)O)c(C)c(NC(=O)C(C)(C)C)c21.Cl. The van der Waals surface area contributed by atoms with E-state index in [2.05, 4.69) is 17.1 Å². The van der Waals surface area contributed by atoms with Crippen LogP contribution in [0.15, 0.2) is 0 Å². The van der Waals surface area contributed by atoms with Gasteiger partial charge in [0.1, 0.15) is 0 Å². The number of aliphatic carboxylic acids is 1. The Balaban J connectivity index is 0.00000480. The number of amides is 1. The molecule has 31 heavy (non-hydrogen) atoms. The standard InChI is InChI=1S/C25H40N2O3.ClH/c1-7-8-9-10-11-12-14-27-15-13-19-17(2)20(16-21(28)29)18(3)22(23(19)27)26-24(30)25(4,5)6;/h7-16H2,1-6H3,(H,26,30)(H,28,29);1H. The third-order valence-corrected chi connectivity index (χ3v) is 6.23. The van der Waals surface area contributed by atoms with Gasteiger partial charge in [0.25, 0.3) is 0 Å². The van der Waals surface area contributed by atoms with Gasteiger partial charge in [-0.15, -0.1) is 12.4 Å². The van der Waals surface area contributed by atoms with Gasteiger partial charge < -0.3 is 15.3 Å². The predicted molar refractivity (Wildman–Crippen MR) is 132 cm³/mol. The molecule has 0 saturated heterocycles. The van der Waals surface area contributed by atoms with E-state index in [9.17, 15) is 14.7 Å². The smallest absolute Gasteiger partial charge is 0.307 e. The number of hydrogen-bond donors (Lipinski definition) is 2. The first-order valence-corrected chi connectivity index (χ1v) is 11.5. The molecule has 5 nitrogen and oxygen atoms in total. The number of carbonyl (C=O) groups is 2. The van der Waals surface area contributed by atoms with Gasteiger partial charge in [0.15, 0.2) is 0 Å². The molecule has 1 aromatic rings. The third-order valence-electron chi connectivity index (χ3n) is 6.23. The molecular weight excluding hydrogens is 412 g/mol. The summed E-state index contributed by atoms with van der Waals surface area (Å²) in [6.07, 6.45) is 8.40. The van der Waals surface area contributed by atoms with E-state index in [1.165, 1.54) is 37.7 Å². The molecular formula is C25H41ClN2O3. The van der Waals surface area contributed by atoms with Crippen molar-refractivity contribution in [1.29, 1.82) is 0 Å². The van der Waals surface area contributed by atoms with E-state index in [0.29, 0.717) is 0 Å². The summed E-state index contributed by atoms with van der Waals surface area (Å²) in [7, 11) is 0.